The van der Waals surface area contributed by atoms with Gasteiger partial charge in [-0.1, -0.05) is 41.6 Å². The molecule has 1 unspecified atom stereocenters. The molecule has 1 aromatic heterocycles. The van der Waals surface area contributed by atoms with Gasteiger partial charge in [0.15, 0.2) is 23.4 Å². The lowest BCUT2D eigenvalue weighted by atomic mass is 10.1. The molecule has 2 aliphatic heterocycles. The van der Waals surface area contributed by atoms with E-state index in [1.165, 1.54) is 11.8 Å². The van der Waals surface area contributed by atoms with Crippen LogP contribution in [-0.4, -0.2) is 28.2 Å². The van der Waals surface area contributed by atoms with Crippen molar-refractivity contribution in [3.63, 3.8) is 0 Å². The Morgan fingerprint density at radius 1 is 1.15 bits per heavy atom. The van der Waals surface area contributed by atoms with Crippen molar-refractivity contribution in [2.24, 2.45) is 0 Å². The lowest BCUT2D eigenvalue weighted by Crippen LogP contribution is -2.17. The maximum absolute atomic E-state index is 6.50. The highest BCUT2D eigenvalue weighted by atomic mass is 35.5. The average molecular weight is 401 g/mol. The Morgan fingerprint density at radius 3 is 2.81 bits per heavy atom. The van der Waals surface area contributed by atoms with Gasteiger partial charge in [-0.05, 0) is 18.4 Å². The normalized spacial score (nSPS) is 16.6. The number of halogens is 1. The minimum atomic E-state index is -0.583. The first-order valence-electron chi connectivity index (χ1n) is 8.13. The molecule has 0 spiro atoms. The Bertz CT molecular complexity index is 1050. The molecule has 7 nitrogen and oxygen atoms in total. The fourth-order valence-corrected chi connectivity index (χ4v) is 3.56. The van der Waals surface area contributed by atoms with Gasteiger partial charge in [-0.2, -0.15) is 4.98 Å². The minimum Gasteiger partial charge on any atom is -0.454 e. The standard InChI is InChI=1S/C18H13ClN4O3S/c1-27-18-21-17-15(22-23-18)9-4-2-3-5-12(9)20-16(26-17)10-6-13-14(7-11(10)19)25-8-24-13/h2-7,16,20H,8H2,1H3. The van der Waals surface area contributed by atoms with E-state index in [4.69, 9.17) is 25.8 Å². The second-order valence-electron chi connectivity index (χ2n) is 5.87. The van der Waals surface area contributed by atoms with E-state index in [9.17, 15) is 0 Å². The van der Waals surface area contributed by atoms with E-state index in [2.05, 4.69) is 20.5 Å². The van der Waals surface area contributed by atoms with Crippen LogP contribution in [0.5, 0.6) is 17.4 Å². The van der Waals surface area contributed by atoms with Crippen LogP contribution in [-0.2, 0) is 0 Å². The Morgan fingerprint density at radius 2 is 1.96 bits per heavy atom. The van der Waals surface area contributed by atoms with Gasteiger partial charge >= 0.3 is 0 Å². The molecule has 3 aromatic rings. The summed E-state index contributed by atoms with van der Waals surface area (Å²) in [5, 5.41) is 12.9. The molecular formula is C18H13ClN4O3S. The van der Waals surface area contributed by atoms with Crippen molar-refractivity contribution in [2.75, 3.05) is 18.4 Å². The zero-order valence-corrected chi connectivity index (χ0v) is 15.7. The first kappa shape index (κ1) is 16.5. The van der Waals surface area contributed by atoms with E-state index >= 15 is 0 Å². The SMILES string of the molecule is CSc1nnc2c(n1)OC(c1cc3c(cc1Cl)OCO3)Nc1ccccc1-2. The van der Waals surface area contributed by atoms with Gasteiger partial charge < -0.3 is 19.5 Å². The van der Waals surface area contributed by atoms with Crippen molar-refractivity contribution < 1.29 is 14.2 Å². The zero-order chi connectivity index (χ0) is 18.4. The average Bonchev–Trinajstić information content (AvgIpc) is 3.07. The van der Waals surface area contributed by atoms with Gasteiger partial charge in [-0.25, -0.2) is 0 Å². The number of hydrogen-bond donors (Lipinski definition) is 1. The number of aromatic nitrogens is 3. The predicted octanol–water partition coefficient (Wildman–Crippen LogP) is 4.15. The molecule has 0 saturated carbocycles. The maximum atomic E-state index is 6.50. The third-order valence-corrected chi connectivity index (χ3v) is 5.16. The van der Waals surface area contributed by atoms with E-state index in [-0.39, 0.29) is 6.79 Å². The van der Waals surface area contributed by atoms with Gasteiger partial charge in [0, 0.05) is 22.9 Å². The number of nitrogens with zero attached hydrogens (tertiary/aromatic N) is 3. The number of benzene rings is 2. The summed E-state index contributed by atoms with van der Waals surface area (Å²) in [7, 11) is 0. The van der Waals surface area contributed by atoms with Gasteiger partial charge in [-0.3, -0.25) is 0 Å². The molecule has 2 aliphatic rings. The topological polar surface area (TPSA) is 78.4 Å². The quantitative estimate of drug-likeness (QED) is 0.643. The second-order valence-corrected chi connectivity index (χ2v) is 7.05. The monoisotopic (exact) mass is 400 g/mol. The molecule has 2 aromatic carbocycles. The number of anilines is 1. The summed E-state index contributed by atoms with van der Waals surface area (Å²) in [4.78, 5) is 4.50. The minimum absolute atomic E-state index is 0.175. The summed E-state index contributed by atoms with van der Waals surface area (Å²) in [6.07, 6.45) is 1.30. The van der Waals surface area contributed by atoms with Crippen molar-refractivity contribution in [1.82, 2.24) is 15.2 Å². The molecule has 0 bridgehead atoms. The molecule has 9 heteroatoms. The molecule has 0 fully saturated rings. The Kier molecular flexibility index (Phi) is 3.95. The first-order chi connectivity index (χ1) is 13.2. The second kappa shape index (κ2) is 6.47. The first-order valence-corrected chi connectivity index (χ1v) is 9.73. The summed E-state index contributed by atoms with van der Waals surface area (Å²) in [5.74, 6) is 1.64. The fourth-order valence-electron chi connectivity index (χ4n) is 3.01. The van der Waals surface area contributed by atoms with Gasteiger partial charge in [0.05, 0.1) is 5.02 Å². The molecule has 1 atom stereocenters. The largest absolute Gasteiger partial charge is 0.454 e. The number of para-hydroxylation sites is 1. The molecule has 3 heterocycles. The van der Waals surface area contributed by atoms with Crippen molar-refractivity contribution in [1.29, 1.82) is 0 Å². The van der Waals surface area contributed by atoms with Crippen LogP contribution in [0.15, 0.2) is 41.6 Å². The van der Waals surface area contributed by atoms with E-state index < -0.39 is 6.23 Å². The van der Waals surface area contributed by atoms with Crippen molar-refractivity contribution in [3.8, 4) is 28.6 Å². The zero-order valence-electron chi connectivity index (χ0n) is 14.1. The summed E-state index contributed by atoms with van der Waals surface area (Å²) in [6.45, 7) is 0.175. The van der Waals surface area contributed by atoms with Crippen molar-refractivity contribution in [3.05, 3.63) is 47.0 Å². The summed E-state index contributed by atoms with van der Waals surface area (Å²) in [6, 6.07) is 11.3. The molecular weight excluding hydrogens is 388 g/mol. The van der Waals surface area contributed by atoms with Crippen LogP contribution in [0.2, 0.25) is 5.02 Å². The molecule has 27 heavy (non-hydrogen) atoms. The van der Waals surface area contributed by atoms with Crippen LogP contribution in [0.4, 0.5) is 5.69 Å². The van der Waals surface area contributed by atoms with Crippen LogP contribution in [0.25, 0.3) is 11.3 Å². The Hall–Kier alpha value is -2.71. The molecule has 5 rings (SSSR count). The summed E-state index contributed by atoms with van der Waals surface area (Å²) >= 11 is 7.90. The molecule has 136 valence electrons. The number of rotatable bonds is 2. The number of fused-ring (bicyclic) bond motifs is 4. The molecule has 1 N–H and O–H groups in total. The van der Waals surface area contributed by atoms with Crippen LogP contribution in [0, 0.1) is 0 Å². The third-order valence-electron chi connectivity index (χ3n) is 4.29. The van der Waals surface area contributed by atoms with E-state index in [1.54, 1.807) is 6.07 Å². The third kappa shape index (κ3) is 2.81. The van der Waals surface area contributed by atoms with Crippen LogP contribution in [0.1, 0.15) is 11.8 Å². The van der Waals surface area contributed by atoms with Crippen molar-refractivity contribution >= 4 is 29.1 Å². The van der Waals surface area contributed by atoms with E-state index in [0.717, 1.165) is 11.3 Å². The summed E-state index contributed by atoms with van der Waals surface area (Å²) in [5.41, 5.74) is 3.01. The van der Waals surface area contributed by atoms with Crippen molar-refractivity contribution in [2.45, 2.75) is 11.4 Å². The van der Waals surface area contributed by atoms with Gasteiger partial charge in [0.1, 0.15) is 0 Å². The molecule has 0 radical (unpaired) electrons. The number of nitrogens with one attached hydrogen (secondary N) is 1. The predicted molar refractivity (Wildman–Crippen MR) is 102 cm³/mol. The summed E-state index contributed by atoms with van der Waals surface area (Å²) < 4.78 is 17.1. The number of hydrogen-bond acceptors (Lipinski definition) is 8. The van der Waals surface area contributed by atoms with Gasteiger partial charge in [0.2, 0.25) is 17.8 Å². The number of ether oxygens (including phenoxy) is 3. The van der Waals surface area contributed by atoms with Crippen LogP contribution in [0.3, 0.4) is 0 Å². The maximum Gasteiger partial charge on any atom is 0.247 e. The fraction of sp³-hybridized carbons (Fsp3) is 0.167. The highest BCUT2D eigenvalue weighted by Crippen LogP contribution is 2.43. The van der Waals surface area contributed by atoms with Gasteiger partial charge in [0.25, 0.3) is 0 Å². The smallest absolute Gasteiger partial charge is 0.247 e. The molecule has 0 aliphatic carbocycles. The lowest BCUT2D eigenvalue weighted by molar-refractivity contribution is 0.173. The van der Waals surface area contributed by atoms with E-state index in [0.29, 0.717) is 38.8 Å². The Balaban J connectivity index is 1.66. The van der Waals surface area contributed by atoms with Crippen LogP contribution < -0.4 is 19.5 Å². The molecule has 0 amide bonds. The van der Waals surface area contributed by atoms with Crippen LogP contribution >= 0.6 is 23.4 Å². The Labute approximate surface area is 164 Å². The lowest BCUT2D eigenvalue weighted by Gasteiger charge is -2.20. The molecule has 0 saturated heterocycles. The van der Waals surface area contributed by atoms with E-state index in [1.807, 2.05) is 36.6 Å². The highest BCUT2D eigenvalue weighted by molar-refractivity contribution is 7.98. The highest BCUT2D eigenvalue weighted by Gasteiger charge is 2.29. The van der Waals surface area contributed by atoms with Gasteiger partial charge in [-0.15, -0.1) is 10.2 Å². The number of thioether (sulfide) groups is 1.